The quantitative estimate of drug-likeness (QED) is 0.431. The number of ether oxygens (including phenoxy) is 1. The van der Waals surface area contributed by atoms with Gasteiger partial charge in [0.1, 0.15) is 5.76 Å². The summed E-state index contributed by atoms with van der Waals surface area (Å²) in [5.74, 6) is 0.936. The van der Waals surface area contributed by atoms with Crippen molar-refractivity contribution in [2.24, 2.45) is 0 Å². The minimum Gasteiger partial charge on any atom is -0.464 e. The SMILES string of the molecule is CC1=C(c2ccccc2)OC(c2ccccc2)n2nc(-c3ccccc3)cc2C1. The number of hydrogen-bond donors (Lipinski definition) is 0. The Kier molecular flexibility index (Phi) is 4.49. The molecule has 0 saturated carbocycles. The third-order valence-corrected chi connectivity index (χ3v) is 5.29. The molecule has 0 amide bonds. The summed E-state index contributed by atoms with van der Waals surface area (Å²) in [5, 5.41) is 4.97. The van der Waals surface area contributed by atoms with Crippen LogP contribution in [0.2, 0.25) is 0 Å². The molecule has 0 N–H and O–H groups in total. The fourth-order valence-electron chi connectivity index (χ4n) is 3.86. The van der Waals surface area contributed by atoms with Crippen LogP contribution in [0.25, 0.3) is 17.0 Å². The van der Waals surface area contributed by atoms with Crippen molar-refractivity contribution < 1.29 is 4.74 Å². The van der Waals surface area contributed by atoms with Crippen molar-refractivity contribution in [2.75, 3.05) is 0 Å². The Balaban J connectivity index is 1.65. The molecule has 0 aliphatic carbocycles. The van der Waals surface area contributed by atoms with Crippen molar-refractivity contribution in [3.63, 3.8) is 0 Å². The number of nitrogens with zero attached hydrogens (tertiary/aromatic N) is 2. The number of benzene rings is 3. The highest BCUT2D eigenvalue weighted by molar-refractivity contribution is 5.65. The summed E-state index contributed by atoms with van der Waals surface area (Å²) in [4.78, 5) is 0. The second kappa shape index (κ2) is 7.44. The van der Waals surface area contributed by atoms with Crippen LogP contribution in [0.4, 0.5) is 0 Å². The summed E-state index contributed by atoms with van der Waals surface area (Å²) in [7, 11) is 0. The standard InChI is InChI=1S/C26H22N2O/c1-19-17-23-18-24(20-11-5-2-6-12-20)27-28(23)26(22-15-9-4-10-16-22)29-25(19)21-13-7-3-8-14-21/h2-16,18,26H,17H2,1H3. The highest BCUT2D eigenvalue weighted by atomic mass is 16.5. The van der Waals surface area contributed by atoms with E-state index in [1.165, 1.54) is 5.57 Å². The Hall–Kier alpha value is -3.59. The van der Waals surface area contributed by atoms with Crippen molar-refractivity contribution in [1.29, 1.82) is 0 Å². The van der Waals surface area contributed by atoms with Crippen LogP contribution in [0, 0.1) is 0 Å². The van der Waals surface area contributed by atoms with E-state index in [1.807, 2.05) is 59.3 Å². The molecule has 1 aliphatic heterocycles. The molecule has 29 heavy (non-hydrogen) atoms. The molecule has 0 saturated heterocycles. The third kappa shape index (κ3) is 3.36. The lowest BCUT2D eigenvalue weighted by molar-refractivity contribution is 0.126. The van der Waals surface area contributed by atoms with Gasteiger partial charge in [0.2, 0.25) is 6.23 Å². The normalized spacial score (nSPS) is 16.1. The van der Waals surface area contributed by atoms with Crippen LogP contribution in [0.15, 0.2) is 103 Å². The molecule has 3 nitrogen and oxygen atoms in total. The van der Waals surface area contributed by atoms with Crippen molar-refractivity contribution in [1.82, 2.24) is 9.78 Å². The summed E-state index contributed by atoms with van der Waals surface area (Å²) in [6.45, 7) is 2.15. The molecule has 1 aliphatic rings. The molecule has 1 aromatic heterocycles. The van der Waals surface area contributed by atoms with Crippen LogP contribution in [-0.2, 0) is 11.2 Å². The predicted octanol–water partition coefficient (Wildman–Crippen LogP) is 6.10. The molecule has 0 spiro atoms. The van der Waals surface area contributed by atoms with E-state index in [2.05, 4.69) is 49.4 Å². The zero-order chi connectivity index (χ0) is 19.6. The highest BCUT2D eigenvalue weighted by Gasteiger charge is 2.27. The molecule has 4 aromatic rings. The highest BCUT2D eigenvalue weighted by Crippen LogP contribution is 2.36. The molecule has 5 rings (SSSR count). The summed E-state index contributed by atoms with van der Waals surface area (Å²) in [6.07, 6.45) is 0.490. The smallest absolute Gasteiger partial charge is 0.217 e. The Morgan fingerprint density at radius 3 is 2.03 bits per heavy atom. The summed E-state index contributed by atoms with van der Waals surface area (Å²) in [5.41, 5.74) is 6.63. The van der Waals surface area contributed by atoms with Crippen LogP contribution in [0.1, 0.15) is 30.0 Å². The van der Waals surface area contributed by atoms with Gasteiger partial charge in [-0.15, -0.1) is 0 Å². The van der Waals surface area contributed by atoms with Crippen LogP contribution in [-0.4, -0.2) is 9.78 Å². The monoisotopic (exact) mass is 378 g/mol. The van der Waals surface area contributed by atoms with Gasteiger partial charge in [0.15, 0.2) is 0 Å². The van der Waals surface area contributed by atoms with Gasteiger partial charge in [0, 0.05) is 28.8 Å². The van der Waals surface area contributed by atoms with E-state index in [9.17, 15) is 0 Å². The van der Waals surface area contributed by atoms with Crippen molar-refractivity contribution in [3.05, 3.63) is 119 Å². The van der Waals surface area contributed by atoms with Gasteiger partial charge in [-0.25, -0.2) is 4.68 Å². The van der Waals surface area contributed by atoms with E-state index in [0.717, 1.165) is 40.3 Å². The lowest BCUT2D eigenvalue weighted by atomic mass is 10.0. The van der Waals surface area contributed by atoms with Gasteiger partial charge < -0.3 is 4.74 Å². The average molecular weight is 378 g/mol. The number of aromatic nitrogens is 2. The molecule has 0 bridgehead atoms. The molecule has 0 radical (unpaired) electrons. The topological polar surface area (TPSA) is 27.1 Å². The van der Waals surface area contributed by atoms with Gasteiger partial charge in [-0.2, -0.15) is 5.10 Å². The number of fused-ring (bicyclic) bond motifs is 1. The fourth-order valence-corrected chi connectivity index (χ4v) is 3.86. The van der Waals surface area contributed by atoms with E-state index < -0.39 is 0 Å². The molecule has 2 heterocycles. The van der Waals surface area contributed by atoms with Gasteiger partial charge in [-0.3, -0.25) is 0 Å². The lowest BCUT2D eigenvalue weighted by Crippen LogP contribution is -2.16. The number of hydrogen-bond acceptors (Lipinski definition) is 2. The first-order chi connectivity index (χ1) is 14.3. The molecule has 3 heteroatoms. The van der Waals surface area contributed by atoms with Gasteiger partial charge in [-0.05, 0) is 18.6 Å². The average Bonchev–Trinajstić information content (AvgIpc) is 3.14. The fraction of sp³-hybridized carbons (Fsp3) is 0.115. The number of rotatable bonds is 3. The van der Waals surface area contributed by atoms with Crippen LogP contribution >= 0.6 is 0 Å². The van der Waals surface area contributed by atoms with Crippen molar-refractivity contribution in [2.45, 2.75) is 19.6 Å². The molecule has 142 valence electrons. The van der Waals surface area contributed by atoms with Gasteiger partial charge in [0.05, 0.1) is 5.69 Å². The minimum absolute atomic E-state index is 0.309. The molecule has 3 aromatic carbocycles. The van der Waals surface area contributed by atoms with Crippen LogP contribution < -0.4 is 0 Å². The first-order valence-electron chi connectivity index (χ1n) is 9.90. The molecule has 1 unspecified atom stereocenters. The summed E-state index contributed by atoms with van der Waals surface area (Å²) >= 11 is 0. The van der Waals surface area contributed by atoms with Gasteiger partial charge in [-0.1, -0.05) is 91.0 Å². The maximum Gasteiger partial charge on any atom is 0.217 e. The first-order valence-corrected chi connectivity index (χ1v) is 9.90. The van der Waals surface area contributed by atoms with Crippen LogP contribution in [0.5, 0.6) is 0 Å². The largest absolute Gasteiger partial charge is 0.464 e. The molecular formula is C26H22N2O. The number of allylic oxidation sites excluding steroid dienone is 1. The maximum absolute atomic E-state index is 6.65. The van der Waals surface area contributed by atoms with E-state index in [-0.39, 0.29) is 6.23 Å². The van der Waals surface area contributed by atoms with E-state index in [0.29, 0.717) is 0 Å². The molecule has 1 atom stereocenters. The van der Waals surface area contributed by atoms with E-state index >= 15 is 0 Å². The Morgan fingerprint density at radius 1 is 0.793 bits per heavy atom. The summed E-state index contributed by atoms with van der Waals surface area (Å²) in [6, 6.07) is 33.1. The molecular weight excluding hydrogens is 356 g/mol. The Labute approximate surface area is 170 Å². The second-order valence-corrected chi connectivity index (χ2v) is 7.36. The van der Waals surface area contributed by atoms with Crippen LogP contribution in [0.3, 0.4) is 0 Å². The minimum atomic E-state index is -0.309. The van der Waals surface area contributed by atoms with Gasteiger partial charge >= 0.3 is 0 Å². The zero-order valence-electron chi connectivity index (χ0n) is 16.3. The van der Waals surface area contributed by atoms with Crippen molar-refractivity contribution >= 4 is 5.76 Å². The molecule has 0 fully saturated rings. The van der Waals surface area contributed by atoms with E-state index in [1.54, 1.807) is 0 Å². The summed E-state index contributed by atoms with van der Waals surface area (Å²) < 4.78 is 8.69. The predicted molar refractivity (Wildman–Crippen MR) is 116 cm³/mol. The van der Waals surface area contributed by atoms with Gasteiger partial charge in [0.25, 0.3) is 0 Å². The zero-order valence-corrected chi connectivity index (χ0v) is 16.3. The Morgan fingerprint density at radius 2 is 1.38 bits per heavy atom. The van der Waals surface area contributed by atoms with Crippen molar-refractivity contribution in [3.8, 4) is 11.3 Å². The maximum atomic E-state index is 6.65. The van der Waals surface area contributed by atoms with E-state index in [4.69, 9.17) is 9.84 Å². The first kappa shape index (κ1) is 17.5. The lowest BCUT2D eigenvalue weighted by Gasteiger charge is -2.22. The third-order valence-electron chi connectivity index (χ3n) is 5.29. The second-order valence-electron chi connectivity index (χ2n) is 7.36. The Bertz CT molecular complexity index is 1150.